The predicted molar refractivity (Wildman–Crippen MR) is 105 cm³/mol. The van der Waals surface area contributed by atoms with E-state index in [4.69, 9.17) is 4.74 Å². The summed E-state index contributed by atoms with van der Waals surface area (Å²) in [5, 5.41) is 11.9. The number of carboxylic acid groups (broad SMARTS) is 1. The van der Waals surface area contributed by atoms with E-state index in [2.05, 4.69) is 6.92 Å². The Morgan fingerprint density at radius 1 is 1.00 bits per heavy atom. The van der Waals surface area contributed by atoms with Crippen LogP contribution in [0.3, 0.4) is 0 Å². The van der Waals surface area contributed by atoms with Gasteiger partial charge in [-0.05, 0) is 46.9 Å². The summed E-state index contributed by atoms with van der Waals surface area (Å²) >= 11 is 0. The van der Waals surface area contributed by atoms with E-state index in [1.165, 1.54) is 0 Å². The highest BCUT2D eigenvalue weighted by molar-refractivity contribution is 5.90. The van der Waals surface area contributed by atoms with Gasteiger partial charge in [0, 0.05) is 0 Å². The molecule has 0 bridgehead atoms. The molecular weight excluding hydrogens is 324 g/mol. The van der Waals surface area contributed by atoms with Gasteiger partial charge in [-0.3, -0.25) is 4.79 Å². The topological polar surface area (TPSA) is 46.5 Å². The van der Waals surface area contributed by atoms with Crippen molar-refractivity contribution in [2.45, 2.75) is 32.1 Å². The van der Waals surface area contributed by atoms with E-state index in [-0.39, 0.29) is 0 Å². The van der Waals surface area contributed by atoms with Crippen molar-refractivity contribution in [3.05, 3.63) is 77.9 Å². The third kappa shape index (κ3) is 4.23. The molecule has 1 N–H and O–H groups in total. The maximum Gasteiger partial charge on any atom is 0.311 e. The molecule has 0 aliphatic rings. The SMILES string of the molecule is CCCCOc1ccc(CC(C(=O)O)c2cccc3ccccc23)cc1. The average Bonchev–Trinajstić information content (AvgIpc) is 2.67. The lowest BCUT2D eigenvalue weighted by Gasteiger charge is -2.16. The lowest BCUT2D eigenvalue weighted by atomic mass is 9.88. The van der Waals surface area contributed by atoms with Crippen molar-refractivity contribution in [2.75, 3.05) is 6.61 Å². The summed E-state index contributed by atoms with van der Waals surface area (Å²) in [4.78, 5) is 12.0. The second-order valence-electron chi connectivity index (χ2n) is 6.51. The Labute approximate surface area is 154 Å². The summed E-state index contributed by atoms with van der Waals surface area (Å²) in [6, 6.07) is 21.6. The van der Waals surface area contributed by atoms with E-state index in [0.29, 0.717) is 13.0 Å². The molecule has 3 aromatic rings. The minimum Gasteiger partial charge on any atom is -0.494 e. The van der Waals surface area contributed by atoms with Gasteiger partial charge in [-0.2, -0.15) is 0 Å². The maximum atomic E-state index is 12.0. The van der Waals surface area contributed by atoms with Gasteiger partial charge in [0.2, 0.25) is 0 Å². The summed E-state index contributed by atoms with van der Waals surface area (Å²) in [7, 11) is 0. The number of carboxylic acids is 1. The van der Waals surface area contributed by atoms with Crippen LogP contribution in [0.15, 0.2) is 66.7 Å². The largest absolute Gasteiger partial charge is 0.494 e. The fourth-order valence-electron chi connectivity index (χ4n) is 3.18. The number of rotatable bonds is 8. The second kappa shape index (κ2) is 8.52. The Kier molecular flexibility index (Phi) is 5.90. The van der Waals surface area contributed by atoms with Crippen LogP contribution in [0.1, 0.15) is 36.8 Å². The lowest BCUT2D eigenvalue weighted by molar-refractivity contribution is -0.138. The van der Waals surface area contributed by atoms with Gasteiger partial charge in [0.25, 0.3) is 0 Å². The van der Waals surface area contributed by atoms with Gasteiger partial charge in [0.1, 0.15) is 5.75 Å². The fraction of sp³-hybridized carbons (Fsp3) is 0.261. The molecule has 134 valence electrons. The van der Waals surface area contributed by atoms with E-state index in [0.717, 1.165) is 40.5 Å². The van der Waals surface area contributed by atoms with Crippen LogP contribution in [-0.4, -0.2) is 17.7 Å². The molecule has 0 saturated heterocycles. The molecule has 1 unspecified atom stereocenters. The number of fused-ring (bicyclic) bond motifs is 1. The first kappa shape index (κ1) is 18.0. The number of benzene rings is 3. The van der Waals surface area contributed by atoms with Crippen molar-refractivity contribution in [1.29, 1.82) is 0 Å². The second-order valence-corrected chi connectivity index (χ2v) is 6.51. The predicted octanol–water partition coefficient (Wildman–Crippen LogP) is 5.43. The van der Waals surface area contributed by atoms with Crippen molar-refractivity contribution in [1.82, 2.24) is 0 Å². The monoisotopic (exact) mass is 348 g/mol. The standard InChI is InChI=1S/C23H24O3/c1-2-3-15-26-19-13-11-17(12-14-19)16-22(23(24)25)21-10-6-8-18-7-4-5-9-20(18)21/h4-14,22H,2-3,15-16H2,1H3,(H,24,25). The maximum absolute atomic E-state index is 12.0. The van der Waals surface area contributed by atoms with Crippen molar-refractivity contribution < 1.29 is 14.6 Å². The zero-order chi connectivity index (χ0) is 18.4. The van der Waals surface area contributed by atoms with Crippen molar-refractivity contribution in [3.63, 3.8) is 0 Å². The van der Waals surface area contributed by atoms with E-state index < -0.39 is 11.9 Å². The summed E-state index contributed by atoms with van der Waals surface area (Å²) in [6.07, 6.45) is 2.59. The van der Waals surface area contributed by atoms with Crippen LogP contribution in [0.5, 0.6) is 5.75 Å². The molecule has 0 heterocycles. The lowest BCUT2D eigenvalue weighted by Crippen LogP contribution is -2.15. The minimum absolute atomic E-state index is 0.457. The quantitative estimate of drug-likeness (QED) is 0.552. The van der Waals surface area contributed by atoms with Crippen LogP contribution < -0.4 is 4.74 Å². The van der Waals surface area contributed by atoms with Gasteiger partial charge < -0.3 is 9.84 Å². The Hall–Kier alpha value is -2.81. The van der Waals surface area contributed by atoms with Crippen LogP contribution in [0, 0.1) is 0 Å². The molecule has 3 rings (SSSR count). The van der Waals surface area contributed by atoms with Gasteiger partial charge in [-0.1, -0.05) is 67.9 Å². The van der Waals surface area contributed by atoms with E-state index >= 15 is 0 Å². The van der Waals surface area contributed by atoms with Crippen molar-refractivity contribution in [2.24, 2.45) is 0 Å². The summed E-state index contributed by atoms with van der Waals surface area (Å²) in [5.41, 5.74) is 1.85. The molecule has 0 fully saturated rings. The molecule has 3 heteroatoms. The molecule has 1 atom stereocenters. The fourth-order valence-corrected chi connectivity index (χ4v) is 3.18. The van der Waals surface area contributed by atoms with E-state index in [1.807, 2.05) is 66.7 Å². The minimum atomic E-state index is -0.801. The normalized spacial score (nSPS) is 12.0. The van der Waals surface area contributed by atoms with E-state index in [1.54, 1.807) is 0 Å². The number of hydrogen-bond acceptors (Lipinski definition) is 2. The highest BCUT2D eigenvalue weighted by atomic mass is 16.5. The van der Waals surface area contributed by atoms with Gasteiger partial charge in [-0.15, -0.1) is 0 Å². The first-order valence-corrected chi connectivity index (χ1v) is 9.11. The van der Waals surface area contributed by atoms with Crippen LogP contribution in [0.4, 0.5) is 0 Å². The van der Waals surface area contributed by atoms with Crippen LogP contribution in [0.2, 0.25) is 0 Å². The zero-order valence-corrected chi connectivity index (χ0v) is 15.0. The molecule has 0 aromatic heterocycles. The Bertz CT molecular complexity index is 863. The van der Waals surface area contributed by atoms with Gasteiger partial charge in [0.05, 0.1) is 12.5 Å². The molecule has 0 aliphatic heterocycles. The molecule has 0 spiro atoms. The Morgan fingerprint density at radius 3 is 2.46 bits per heavy atom. The van der Waals surface area contributed by atoms with Crippen LogP contribution in [0.25, 0.3) is 10.8 Å². The number of aliphatic carboxylic acids is 1. The first-order valence-electron chi connectivity index (χ1n) is 9.11. The molecular formula is C23H24O3. The zero-order valence-electron chi connectivity index (χ0n) is 15.0. The Balaban J connectivity index is 1.82. The molecule has 0 aliphatic carbocycles. The highest BCUT2D eigenvalue weighted by Gasteiger charge is 2.22. The van der Waals surface area contributed by atoms with Gasteiger partial charge >= 0.3 is 5.97 Å². The number of ether oxygens (including phenoxy) is 1. The van der Waals surface area contributed by atoms with E-state index in [9.17, 15) is 9.90 Å². The smallest absolute Gasteiger partial charge is 0.311 e. The van der Waals surface area contributed by atoms with Crippen molar-refractivity contribution in [3.8, 4) is 5.75 Å². The van der Waals surface area contributed by atoms with Crippen molar-refractivity contribution >= 4 is 16.7 Å². The number of carbonyl (C=O) groups is 1. The van der Waals surface area contributed by atoms with Gasteiger partial charge in [0.15, 0.2) is 0 Å². The van der Waals surface area contributed by atoms with Gasteiger partial charge in [-0.25, -0.2) is 0 Å². The average molecular weight is 348 g/mol. The molecule has 3 aromatic carbocycles. The molecule has 0 amide bonds. The summed E-state index contributed by atoms with van der Waals surface area (Å²) < 4.78 is 5.68. The van der Waals surface area contributed by atoms with Crippen LogP contribution in [-0.2, 0) is 11.2 Å². The number of hydrogen-bond donors (Lipinski definition) is 1. The molecule has 0 radical (unpaired) electrons. The molecule has 3 nitrogen and oxygen atoms in total. The molecule has 0 saturated carbocycles. The highest BCUT2D eigenvalue weighted by Crippen LogP contribution is 2.29. The first-order chi connectivity index (χ1) is 12.7. The summed E-state index contributed by atoms with van der Waals surface area (Å²) in [5.74, 6) is -0.545. The molecule has 26 heavy (non-hydrogen) atoms. The Morgan fingerprint density at radius 2 is 1.73 bits per heavy atom. The third-order valence-electron chi connectivity index (χ3n) is 4.63. The summed E-state index contributed by atoms with van der Waals surface area (Å²) in [6.45, 7) is 2.84. The third-order valence-corrected chi connectivity index (χ3v) is 4.63. The van der Waals surface area contributed by atoms with Crippen LogP contribution >= 0.6 is 0 Å². The number of unbranched alkanes of at least 4 members (excludes halogenated alkanes) is 1.